The zero-order valence-electron chi connectivity index (χ0n) is 29.1. The van der Waals surface area contributed by atoms with Crippen LogP contribution < -0.4 is 10.6 Å². The number of halogens is 2. The largest absolute Gasteiger partial charge is 0.370 e. The monoisotopic (exact) mass is 697 g/mol. The first-order chi connectivity index (χ1) is 24.7. The lowest BCUT2D eigenvalue weighted by Gasteiger charge is -2.34. The van der Waals surface area contributed by atoms with Crippen molar-refractivity contribution >= 4 is 17.7 Å². The molecule has 0 aliphatic carbocycles. The number of hydrogen-bond acceptors (Lipinski definition) is 6. The number of nitrogens with one attached hydrogen (secondary N) is 2. The van der Waals surface area contributed by atoms with E-state index in [4.69, 9.17) is 4.74 Å². The van der Waals surface area contributed by atoms with Crippen LogP contribution in [0.2, 0.25) is 0 Å². The number of hydrogen-bond donors (Lipinski definition) is 2. The van der Waals surface area contributed by atoms with E-state index in [1.165, 1.54) is 22.9 Å². The summed E-state index contributed by atoms with van der Waals surface area (Å²) < 4.78 is 33.8. The van der Waals surface area contributed by atoms with Crippen LogP contribution in [0.1, 0.15) is 29.5 Å². The Hall–Kier alpha value is -5.00. The Kier molecular flexibility index (Phi) is 13.4. The van der Waals surface area contributed by atoms with E-state index in [0.29, 0.717) is 18.6 Å². The quantitative estimate of drug-likeness (QED) is 0.178. The molecule has 5 rings (SSSR count). The Morgan fingerprint density at radius 2 is 1.53 bits per heavy atom. The summed E-state index contributed by atoms with van der Waals surface area (Å²) in [4.78, 5) is 48.4. The summed E-state index contributed by atoms with van der Waals surface area (Å²) in [5.74, 6) is -3.37. The number of pyridine rings is 1. The Balaban J connectivity index is 1.37. The van der Waals surface area contributed by atoms with E-state index in [1.54, 1.807) is 19.4 Å². The molecule has 1 saturated heterocycles. The van der Waals surface area contributed by atoms with E-state index in [0.717, 1.165) is 53.8 Å². The highest BCUT2D eigenvalue weighted by molar-refractivity contribution is 5.92. The van der Waals surface area contributed by atoms with Crippen LogP contribution in [0.3, 0.4) is 0 Å². The van der Waals surface area contributed by atoms with Gasteiger partial charge in [-0.1, -0.05) is 60.7 Å². The summed E-state index contributed by atoms with van der Waals surface area (Å²) in [6, 6.07) is 22.9. The maximum absolute atomic E-state index is 14.5. The minimum Gasteiger partial charge on any atom is -0.370 e. The number of benzene rings is 3. The minimum atomic E-state index is -1.09. The van der Waals surface area contributed by atoms with Gasteiger partial charge in [-0.2, -0.15) is 0 Å². The molecule has 1 fully saturated rings. The number of nitrogens with zero attached hydrogens (tertiary/aromatic N) is 3. The van der Waals surface area contributed by atoms with Gasteiger partial charge in [0.1, 0.15) is 18.7 Å². The van der Waals surface area contributed by atoms with E-state index >= 15 is 0 Å². The standard InChI is InChI=1S/C40H45F2N5O4/c1-46(38(48)27-51-26-33-9-6-19-44-33)37(24-29-10-13-32(14-11-29)31-7-4-3-5-8-31)40(50)47(2)36(25-30-12-15-34(41)35(42)23-30)39(49)45-22-18-28-16-20-43-21-17-28/h3-5,7-8,10-17,20-21,23,33,36-37,44H,6,9,18-19,22,24-27H2,1-2H3,(H,45,49)/t33-,36+,37+/m0/s1. The zero-order chi connectivity index (χ0) is 36.2. The maximum atomic E-state index is 14.5. The van der Waals surface area contributed by atoms with Crippen LogP contribution in [-0.4, -0.2) is 91.0 Å². The summed E-state index contributed by atoms with van der Waals surface area (Å²) in [6.07, 6.45) is 5.98. The van der Waals surface area contributed by atoms with Crippen LogP contribution in [0, 0.1) is 11.6 Å². The first-order valence-corrected chi connectivity index (χ1v) is 17.3. The van der Waals surface area contributed by atoms with Crippen molar-refractivity contribution in [2.75, 3.05) is 40.4 Å². The molecular weight excluding hydrogens is 652 g/mol. The molecule has 268 valence electrons. The summed E-state index contributed by atoms with van der Waals surface area (Å²) in [7, 11) is 3.06. The van der Waals surface area contributed by atoms with E-state index < -0.39 is 35.5 Å². The van der Waals surface area contributed by atoms with E-state index in [-0.39, 0.29) is 37.9 Å². The zero-order valence-corrected chi connectivity index (χ0v) is 29.1. The van der Waals surface area contributed by atoms with Crippen LogP contribution in [0.15, 0.2) is 97.3 Å². The Bertz CT molecular complexity index is 1740. The van der Waals surface area contributed by atoms with E-state index in [1.807, 2.05) is 66.7 Å². The van der Waals surface area contributed by atoms with Gasteiger partial charge in [0.2, 0.25) is 17.7 Å². The Morgan fingerprint density at radius 1 is 0.843 bits per heavy atom. The molecule has 1 aromatic heterocycles. The molecule has 1 aliphatic heterocycles. The lowest BCUT2D eigenvalue weighted by Crippen LogP contribution is -2.56. The number of likely N-dealkylation sites (N-methyl/N-ethyl adjacent to an activating group) is 2. The molecule has 9 nitrogen and oxygen atoms in total. The van der Waals surface area contributed by atoms with E-state index in [9.17, 15) is 23.2 Å². The lowest BCUT2D eigenvalue weighted by molar-refractivity contribution is -0.149. The third-order valence-corrected chi connectivity index (χ3v) is 9.34. The first-order valence-electron chi connectivity index (χ1n) is 17.3. The van der Waals surface area contributed by atoms with Crippen molar-refractivity contribution in [2.45, 2.75) is 50.2 Å². The van der Waals surface area contributed by atoms with Crippen molar-refractivity contribution in [1.29, 1.82) is 0 Å². The highest BCUT2D eigenvalue weighted by Crippen LogP contribution is 2.22. The van der Waals surface area contributed by atoms with Gasteiger partial charge < -0.3 is 25.2 Å². The van der Waals surface area contributed by atoms with Gasteiger partial charge in [0.15, 0.2) is 11.6 Å². The smallest absolute Gasteiger partial charge is 0.249 e. The van der Waals surface area contributed by atoms with Gasteiger partial charge in [0, 0.05) is 51.9 Å². The molecule has 3 atom stereocenters. The van der Waals surface area contributed by atoms with Crippen LogP contribution in [0.5, 0.6) is 0 Å². The van der Waals surface area contributed by atoms with Crippen molar-refractivity contribution in [1.82, 2.24) is 25.4 Å². The molecule has 0 bridgehead atoms. The minimum absolute atomic E-state index is 0.0752. The second kappa shape index (κ2) is 18.3. The fraction of sp³-hybridized carbons (Fsp3) is 0.350. The summed E-state index contributed by atoms with van der Waals surface area (Å²) >= 11 is 0. The van der Waals surface area contributed by atoms with Crippen LogP contribution in [-0.2, 0) is 38.4 Å². The molecule has 0 spiro atoms. The number of ether oxygens (including phenoxy) is 1. The Labute approximate surface area is 298 Å². The lowest BCUT2D eigenvalue weighted by atomic mass is 9.98. The third-order valence-electron chi connectivity index (χ3n) is 9.34. The predicted molar refractivity (Wildman–Crippen MR) is 192 cm³/mol. The average molecular weight is 698 g/mol. The van der Waals surface area contributed by atoms with Crippen molar-refractivity contribution in [3.63, 3.8) is 0 Å². The molecule has 2 heterocycles. The molecule has 0 saturated carbocycles. The van der Waals surface area contributed by atoms with Gasteiger partial charge >= 0.3 is 0 Å². The van der Waals surface area contributed by atoms with Gasteiger partial charge in [-0.3, -0.25) is 19.4 Å². The predicted octanol–water partition coefficient (Wildman–Crippen LogP) is 4.59. The van der Waals surface area contributed by atoms with Crippen molar-refractivity contribution in [2.24, 2.45) is 0 Å². The number of carbonyl (C=O) groups excluding carboxylic acids is 3. The first kappa shape index (κ1) is 37.3. The molecule has 0 radical (unpaired) electrons. The molecule has 4 aromatic rings. The SMILES string of the molecule is CN(C(=O)COC[C@@H]1CCCN1)[C@H](Cc1ccc(-c2ccccc2)cc1)C(=O)N(C)[C@H](Cc1ccc(F)c(F)c1)C(=O)NCCc1ccncc1. The van der Waals surface area contributed by atoms with Gasteiger partial charge in [-0.25, -0.2) is 8.78 Å². The van der Waals surface area contributed by atoms with Crippen LogP contribution in [0.25, 0.3) is 11.1 Å². The highest BCUT2D eigenvalue weighted by atomic mass is 19.2. The fourth-order valence-corrected chi connectivity index (χ4v) is 6.22. The molecule has 51 heavy (non-hydrogen) atoms. The molecule has 3 aromatic carbocycles. The van der Waals surface area contributed by atoms with Crippen molar-refractivity contribution in [3.05, 3.63) is 126 Å². The number of aromatic nitrogens is 1. The van der Waals surface area contributed by atoms with Crippen molar-refractivity contribution in [3.8, 4) is 11.1 Å². The molecule has 11 heteroatoms. The van der Waals surface area contributed by atoms with Gasteiger partial charge in [0.25, 0.3) is 0 Å². The molecule has 1 aliphatic rings. The molecular formula is C40H45F2N5O4. The molecule has 3 amide bonds. The Morgan fingerprint density at radius 3 is 2.22 bits per heavy atom. The van der Waals surface area contributed by atoms with Gasteiger partial charge in [-0.05, 0) is 77.9 Å². The average Bonchev–Trinajstić information content (AvgIpc) is 3.68. The van der Waals surface area contributed by atoms with Gasteiger partial charge in [0.05, 0.1) is 6.61 Å². The van der Waals surface area contributed by atoms with Crippen LogP contribution >= 0.6 is 0 Å². The van der Waals surface area contributed by atoms with E-state index in [2.05, 4.69) is 15.6 Å². The topological polar surface area (TPSA) is 104 Å². The molecule has 0 unspecified atom stereocenters. The third kappa shape index (κ3) is 10.5. The number of rotatable bonds is 16. The van der Waals surface area contributed by atoms with Crippen LogP contribution in [0.4, 0.5) is 8.78 Å². The second-order valence-corrected chi connectivity index (χ2v) is 12.9. The van der Waals surface area contributed by atoms with Crippen molar-refractivity contribution < 1.29 is 27.9 Å². The summed E-state index contributed by atoms with van der Waals surface area (Å²) in [5.41, 5.74) is 4.18. The fourth-order valence-electron chi connectivity index (χ4n) is 6.22. The number of amides is 3. The number of carbonyl (C=O) groups is 3. The van der Waals surface area contributed by atoms with Gasteiger partial charge in [-0.15, -0.1) is 0 Å². The summed E-state index contributed by atoms with van der Waals surface area (Å²) in [5, 5.41) is 6.24. The second-order valence-electron chi connectivity index (χ2n) is 12.9. The maximum Gasteiger partial charge on any atom is 0.249 e. The normalized spacial score (nSPS) is 15.2. The summed E-state index contributed by atoms with van der Waals surface area (Å²) in [6.45, 7) is 1.37. The molecule has 2 N–H and O–H groups in total. The highest BCUT2D eigenvalue weighted by Gasteiger charge is 2.35.